The Morgan fingerprint density at radius 2 is 1.89 bits per heavy atom. The van der Waals surface area contributed by atoms with Crippen LogP contribution in [0.1, 0.15) is 25.3 Å². The standard InChI is InChI=1S/C22H26N2O3/c1-2-14-27-20-11-7-6-10-19(20)23-22(26)18-15-21(25)24(16-18)13-12-17-8-4-3-5-9-17/h3-11,18H,2,12-16H2,1H3,(H,23,26). The van der Waals surface area contributed by atoms with E-state index < -0.39 is 0 Å². The van der Waals surface area contributed by atoms with Gasteiger partial charge >= 0.3 is 0 Å². The maximum absolute atomic E-state index is 12.7. The van der Waals surface area contributed by atoms with Gasteiger partial charge in [0, 0.05) is 19.5 Å². The Bertz CT molecular complexity index is 776. The molecule has 0 radical (unpaired) electrons. The van der Waals surface area contributed by atoms with Crippen LogP contribution in [-0.2, 0) is 16.0 Å². The maximum atomic E-state index is 12.7. The van der Waals surface area contributed by atoms with E-state index in [1.807, 2.05) is 49.4 Å². The Kier molecular flexibility index (Phi) is 6.47. The van der Waals surface area contributed by atoms with Gasteiger partial charge in [-0.15, -0.1) is 0 Å². The van der Waals surface area contributed by atoms with Crippen molar-refractivity contribution >= 4 is 17.5 Å². The van der Waals surface area contributed by atoms with Crippen LogP contribution in [0.5, 0.6) is 5.75 Å². The van der Waals surface area contributed by atoms with Crippen LogP contribution in [-0.4, -0.2) is 36.4 Å². The smallest absolute Gasteiger partial charge is 0.229 e. The normalized spacial score (nSPS) is 16.4. The lowest BCUT2D eigenvalue weighted by Gasteiger charge is -2.17. The predicted molar refractivity (Wildman–Crippen MR) is 106 cm³/mol. The third kappa shape index (κ3) is 5.09. The van der Waals surface area contributed by atoms with Crippen molar-refractivity contribution in [3.05, 3.63) is 60.2 Å². The van der Waals surface area contributed by atoms with Gasteiger partial charge in [-0.2, -0.15) is 0 Å². The fourth-order valence-corrected chi connectivity index (χ4v) is 3.22. The molecular formula is C22H26N2O3. The molecule has 0 spiro atoms. The minimum absolute atomic E-state index is 0.0431. The molecule has 5 nitrogen and oxygen atoms in total. The van der Waals surface area contributed by atoms with E-state index in [0.29, 0.717) is 31.1 Å². The number of nitrogens with one attached hydrogen (secondary N) is 1. The van der Waals surface area contributed by atoms with Crippen LogP contribution in [0, 0.1) is 5.92 Å². The second-order valence-corrected chi connectivity index (χ2v) is 6.81. The van der Waals surface area contributed by atoms with Crippen molar-refractivity contribution in [2.45, 2.75) is 26.2 Å². The molecule has 0 aromatic heterocycles. The minimum Gasteiger partial charge on any atom is -0.491 e. The summed E-state index contributed by atoms with van der Waals surface area (Å²) in [6, 6.07) is 17.5. The number of nitrogens with zero attached hydrogens (tertiary/aromatic N) is 1. The van der Waals surface area contributed by atoms with Crippen molar-refractivity contribution < 1.29 is 14.3 Å². The zero-order valence-corrected chi connectivity index (χ0v) is 15.7. The molecule has 1 heterocycles. The molecule has 1 aliphatic rings. The van der Waals surface area contributed by atoms with Gasteiger partial charge in [-0.1, -0.05) is 49.4 Å². The Morgan fingerprint density at radius 3 is 2.67 bits per heavy atom. The number of ether oxygens (including phenoxy) is 1. The number of rotatable bonds is 8. The molecule has 1 unspecified atom stereocenters. The van der Waals surface area contributed by atoms with Crippen molar-refractivity contribution in [2.75, 3.05) is 25.0 Å². The molecule has 1 aliphatic heterocycles. The number of amides is 2. The van der Waals surface area contributed by atoms with E-state index in [2.05, 4.69) is 17.4 Å². The van der Waals surface area contributed by atoms with Gasteiger partial charge in [-0.3, -0.25) is 9.59 Å². The highest BCUT2D eigenvalue weighted by molar-refractivity contribution is 5.98. The second-order valence-electron chi connectivity index (χ2n) is 6.81. The van der Waals surface area contributed by atoms with E-state index in [1.54, 1.807) is 4.90 Å². The molecule has 1 fully saturated rings. The van der Waals surface area contributed by atoms with Crippen LogP contribution in [0.3, 0.4) is 0 Å². The van der Waals surface area contributed by atoms with Crippen molar-refractivity contribution in [1.82, 2.24) is 4.90 Å². The number of carbonyl (C=O) groups is 2. The van der Waals surface area contributed by atoms with E-state index in [-0.39, 0.29) is 24.2 Å². The number of carbonyl (C=O) groups excluding carboxylic acids is 2. The van der Waals surface area contributed by atoms with E-state index in [1.165, 1.54) is 5.56 Å². The fourth-order valence-electron chi connectivity index (χ4n) is 3.22. The van der Waals surface area contributed by atoms with Crippen LogP contribution < -0.4 is 10.1 Å². The molecule has 5 heteroatoms. The summed E-state index contributed by atoms with van der Waals surface area (Å²) in [6.45, 7) is 3.75. The summed E-state index contributed by atoms with van der Waals surface area (Å²) < 4.78 is 5.69. The Hall–Kier alpha value is -2.82. The molecule has 2 amide bonds. The molecule has 3 rings (SSSR count). The van der Waals surface area contributed by atoms with Crippen LogP contribution in [0.2, 0.25) is 0 Å². The number of hydrogen-bond acceptors (Lipinski definition) is 3. The third-order valence-electron chi connectivity index (χ3n) is 4.71. The lowest BCUT2D eigenvalue weighted by Crippen LogP contribution is -2.30. The number of hydrogen-bond donors (Lipinski definition) is 1. The first-order valence-electron chi connectivity index (χ1n) is 9.51. The Labute approximate surface area is 160 Å². The van der Waals surface area contributed by atoms with Crippen molar-refractivity contribution in [3.63, 3.8) is 0 Å². The highest BCUT2D eigenvalue weighted by atomic mass is 16.5. The zero-order valence-electron chi connectivity index (χ0n) is 15.7. The molecule has 2 aromatic carbocycles. The molecule has 0 saturated carbocycles. The second kappa shape index (κ2) is 9.21. The summed E-state index contributed by atoms with van der Waals surface area (Å²) in [6.07, 6.45) is 1.96. The van der Waals surface area contributed by atoms with E-state index in [0.717, 1.165) is 12.8 Å². The molecule has 0 bridgehead atoms. The monoisotopic (exact) mass is 366 g/mol. The third-order valence-corrected chi connectivity index (χ3v) is 4.71. The first-order valence-corrected chi connectivity index (χ1v) is 9.51. The van der Waals surface area contributed by atoms with Gasteiger partial charge in [0.05, 0.1) is 18.2 Å². The number of likely N-dealkylation sites (tertiary alicyclic amines) is 1. The van der Waals surface area contributed by atoms with E-state index >= 15 is 0 Å². The molecule has 1 N–H and O–H groups in total. The topological polar surface area (TPSA) is 58.6 Å². The summed E-state index contributed by atoms with van der Waals surface area (Å²) in [5.74, 6) is 0.255. The SMILES string of the molecule is CCCOc1ccccc1NC(=O)C1CC(=O)N(CCc2ccccc2)C1. The molecule has 1 atom stereocenters. The van der Waals surface area contributed by atoms with Gasteiger partial charge in [-0.05, 0) is 30.5 Å². The largest absolute Gasteiger partial charge is 0.491 e. The summed E-state index contributed by atoms with van der Waals surface area (Å²) in [4.78, 5) is 26.7. The van der Waals surface area contributed by atoms with Crippen molar-refractivity contribution in [3.8, 4) is 5.75 Å². The summed E-state index contributed by atoms with van der Waals surface area (Å²) in [5, 5.41) is 2.93. The number of benzene rings is 2. The molecule has 2 aromatic rings. The highest BCUT2D eigenvalue weighted by Gasteiger charge is 2.34. The van der Waals surface area contributed by atoms with E-state index in [9.17, 15) is 9.59 Å². The summed E-state index contributed by atoms with van der Waals surface area (Å²) in [5.41, 5.74) is 1.85. The average Bonchev–Trinajstić information content (AvgIpc) is 3.07. The number of para-hydroxylation sites is 2. The lowest BCUT2D eigenvalue weighted by molar-refractivity contribution is -0.128. The first-order chi connectivity index (χ1) is 13.2. The molecule has 27 heavy (non-hydrogen) atoms. The van der Waals surface area contributed by atoms with Crippen LogP contribution >= 0.6 is 0 Å². The predicted octanol–water partition coefficient (Wildman–Crippen LogP) is 3.51. The number of anilines is 1. The van der Waals surface area contributed by atoms with Gasteiger partial charge in [0.2, 0.25) is 11.8 Å². The van der Waals surface area contributed by atoms with Crippen molar-refractivity contribution in [2.24, 2.45) is 5.92 Å². The lowest BCUT2D eigenvalue weighted by atomic mass is 10.1. The molecule has 1 saturated heterocycles. The van der Waals surface area contributed by atoms with Gasteiger partial charge < -0.3 is 15.0 Å². The zero-order chi connectivity index (χ0) is 19.1. The first kappa shape index (κ1) is 19.0. The molecule has 142 valence electrons. The quantitative estimate of drug-likeness (QED) is 0.778. The van der Waals surface area contributed by atoms with Crippen LogP contribution in [0.4, 0.5) is 5.69 Å². The molecule has 0 aliphatic carbocycles. The summed E-state index contributed by atoms with van der Waals surface area (Å²) in [7, 11) is 0. The fraction of sp³-hybridized carbons (Fsp3) is 0.364. The van der Waals surface area contributed by atoms with Gasteiger partial charge in [0.15, 0.2) is 0 Å². The molecular weight excluding hydrogens is 340 g/mol. The summed E-state index contributed by atoms with van der Waals surface area (Å²) >= 11 is 0. The van der Waals surface area contributed by atoms with E-state index in [4.69, 9.17) is 4.74 Å². The van der Waals surface area contributed by atoms with Crippen LogP contribution in [0.15, 0.2) is 54.6 Å². The van der Waals surface area contributed by atoms with Crippen LogP contribution in [0.25, 0.3) is 0 Å². The van der Waals surface area contributed by atoms with Gasteiger partial charge in [-0.25, -0.2) is 0 Å². The average molecular weight is 366 g/mol. The Balaban J connectivity index is 1.56. The Morgan fingerprint density at radius 1 is 1.15 bits per heavy atom. The highest BCUT2D eigenvalue weighted by Crippen LogP contribution is 2.26. The maximum Gasteiger partial charge on any atom is 0.229 e. The van der Waals surface area contributed by atoms with Gasteiger partial charge in [0.25, 0.3) is 0 Å². The van der Waals surface area contributed by atoms with Crippen molar-refractivity contribution in [1.29, 1.82) is 0 Å². The minimum atomic E-state index is -0.326. The van der Waals surface area contributed by atoms with Gasteiger partial charge in [0.1, 0.15) is 5.75 Å².